The quantitative estimate of drug-likeness (QED) is 0.548. The van der Waals surface area contributed by atoms with Gasteiger partial charge in [0, 0.05) is 0 Å². The molecule has 1 saturated heterocycles. The summed E-state index contributed by atoms with van der Waals surface area (Å²) in [6.45, 7) is 2.33. The molecule has 0 aliphatic carbocycles. The van der Waals surface area contributed by atoms with E-state index in [-0.39, 0.29) is 12.8 Å². The van der Waals surface area contributed by atoms with E-state index in [4.69, 9.17) is 0 Å². The van der Waals surface area contributed by atoms with E-state index in [9.17, 15) is 19.8 Å². The van der Waals surface area contributed by atoms with Crippen LogP contribution in [0.3, 0.4) is 0 Å². The first-order chi connectivity index (χ1) is 6.24. The van der Waals surface area contributed by atoms with Crippen LogP contribution in [-0.2, 0) is 19.1 Å². The Morgan fingerprint density at radius 1 is 1.21 bits per heavy atom. The van der Waals surface area contributed by atoms with Gasteiger partial charge in [0.05, 0.1) is 12.8 Å². The highest BCUT2D eigenvalue weighted by molar-refractivity contribution is 5.79. The van der Waals surface area contributed by atoms with Crippen molar-refractivity contribution in [1.29, 1.82) is 0 Å². The van der Waals surface area contributed by atoms with Crippen LogP contribution in [0.4, 0.5) is 0 Å². The van der Waals surface area contributed by atoms with Crippen LogP contribution in [0.5, 0.6) is 0 Å². The lowest BCUT2D eigenvalue weighted by molar-refractivity contribution is -0.381. The number of carbonyl (C=O) groups is 2. The fraction of sp³-hybridized carbons (Fsp3) is 0.750. The highest BCUT2D eigenvalue weighted by Crippen LogP contribution is 2.28. The summed E-state index contributed by atoms with van der Waals surface area (Å²) in [6.07, 6.45) is -0.339. The smallest absolute Gasteiger partial charge is 0.396 e. The van der Waals surface area contributed by atoms with Crippen LogP contribution in [0, 0.1) is 0 Å². The van der Waals surface area contributed by atoms with Gasteiger partial charge in [0.2, 0.25) is 0 Å². The molecule has 0 spiro atoms. The highest BCUT2D eigenvalue weighted by atomic mass is 16.9. The molecular weight excluding hydrogens is 192 g/mol. The Morgan fingerprint density at radius 2 is 1.57 bits per heavy atom. The number of cyclic esters (lactones) is 2. The van der Waals surface area contributed by atoms with Crippen molar-refractivity contribution in [2.75, 3.05) is 0 Å². The number of esters is 2. The van der Waals surface area contributed by atoms with Crippen LogP contribution < -0.4 is 0 Å². The second-order valence-corrected chi connectivity index (χ2v) is 3.59. The zero-order valence-electron chi connectivity index (χ0n) is 7.94. The number of rotatable bonds is 1. The molecule has 0 atom stereocenters. The average molecular weight is 204 g/mol. The molecule has 1 aliphatic heterocycles. The minimum atomic E-state index is -2.60. The summed E-state index contributed by atoms with van der Waals surface area (Å²) in [7, 11) is 0. The van der Waals surface area contributed by atoms with Crippen molar-refractivity contribution in [3.05, 3.63) is 0 Å². The van der Waals surface area contributed by atoms with Gasteiger partial charge in [0.15, 0.2) is 5.60 Å². The molecule has 1 rings (SSSR count). The van der Waals surface area contributed by atoms with Gasteiger partial charge in [-0.05, 0) is 13.8 Å². The van der Waals surface area contributed by atoms with Gasteiger partial charge in [0.25, 0.3) is 0 Å². The Balaban J connectivity index is 2.95. The monoisotopic (exact) mass is 204 g/mol. The van der Waals surface area contributed by atoms with Gasteiger partial charge in [0.1, 0.15) is 0 Å². The molecule has 1 heterocycles. The Labute approximate surface area is 80.4 Å². The molecule has 14 heavy (non-hydrogen) atoms. The molecule has 0 radical (unpaired) electrons. The van der Waals surface area contributed by atoms with Crippen LogP contribution >= 0.6 is 0 Å². The average Bonchev–Trinajstić information content (AvgIpc) is 2.09. The summed E-state index contributed by atoms with van der Waals surface area (Å²) in [6, 6.07) is 0. The van der Waals surface area contributed by atoms with Gasteiger partial charge in [-0.25, -0.2) is 0 Å². The predicted octanol–water partition coefficient (Wildman–Crippen LogP) is -0.716. The second kappa shape index (κ2) is 3.21. The molecule has 6 nitrogen and oxygen atoms in total. The third-order valence-corrected chi connectivity index (χ3v) is 1.81. The lowest BCUT2D eigenvalue weighted by atomic mass is 10.1. The highest BCUT2D eigenvalue weighted by Gasteiger charge is 2.52. The number of carbonyl (C=O) groups excluding carboxylic acids is 2. The third kappa shape index (κ3) is 2.02. The standard InChI is InChI=1S/C8H12O6/c1-7(2,11)8(12)13-5(9)3-4-6(10)14-8/h11-12H,3-4H2,1-2H3. The van der Waals surface area contributed by atoms with Gasteiger partial charge < -0.3 is 19.7 Å². The zero-order valence-corrected chi connectivity index (χ0v) is 7.94. The van der Waals surface area contributed by atoms with Crippen molar-refractivity contribution in [3.63, 3.8) is 0 Å². The maximum absolute atomic E-state index is 11.0. The summed E-state index contributed by atoms with van der Waals surface area (Å²) in [5.41, 5.74) is -1.87. The van der Waals surface area contributed by atoms with Crippen molar-refractivity contribution < 1.29 is 29.3 Å². The largest absolute Gasteiger partial charge is 0.403 e. The Hall–Kier alpha value is -1.14. The normalized spacial score (nSPS) is 22.3. The van der Waals surface area contributed by atoms with Crippen molar-refractivity contribution in [2.24, 2.45) is 0 Å². The molecule has 0 aromatic heterocycles. The van der Waals surface area contributed by atoms with Crippen molar-refractivity contribution in [1.82, 2.24) is 0 Å². The Bertz CT molecular complexity index is 245. The van der Waals surface area contributed by atoms with Gasteiger partial charge in [-0.3, -0.25) is 9.59 Å². The molecule has 2 N–H and O–H groups in total. The third-order valence-electron chi connectivity index (χ3n) is 1.81. The second-order valence-electron chi connectivity index (χ2n) is 3.59. The van der Waals surface area contributed by atoms with Crippen molar-refractivity contribution in [3.8, 4) is 0 Å². The number of hydrogen-bond acceptors (Lipinski definition) is 6. The lowest BCUT2D eigenvalue weighted by Crippen LogP contribution is -2.55. The topological polar surface area (TPSA) is 93.1 Å². The van der Waals surface area contributed by atoms with Gasteiger partial charge in [-0.2, -0.15) is 0 Å². The van der Waals surface area contributed by atoms with Crippen LogP contribution in [0.1, 0.15) is 26.7 Å². The van der Waals surface area contributed by atoms with E-state index in [1.807, 2.05) is 0 Å². The minimum Gasteiger partial charge on any atom is -0.396 e. The summed E-state index contributed by atoms with van der Waals surface area (Å²) in [5.74, 6) is -4.18. The molecule has 1 fully saturated rings. The van der Waals surface area contributed by atoms with Crippen LogP contribution in [-0.4, -0.2) is 33.7 Å². The molecule has 0 aromatic rings. The van der Waals surface area contributed by atoms with E-state index in [1.165, 1.54) is 13.8 Å². The molecule has 0 amide bonds. The fourth-order valence-electron chi connectivity index (χ4n) is 0.885. The van der Waals surface area contributed by atoms with E-state index in [0.717, 1.165) is 0 Å². The first kappa shape index (κ1) is 10.9. The number of aliphatic hydroxyl groups is 2. The molecule has 0 unspecified atom stereocenters. The van der Waals surface area contributed by atoms with Crippen molar-refractivity contribution >= 4 is 11.9 Å². The number of hydrogen-bond donors (Lipinski definition) is 2. The molecule has 0 aromatic carbocycles. The Kier molecular flexibility index (Phi) is 2.51. The minimum absolute atomic E-state index is 0.169. The molecule has 1 aliphatic rings. The molecular formula is C8H12O6. The summed E-state index contributed by atoms with van der Waals surface area (Å²) >= 11 is 0. The fourth-order valence-corrected chi connectivity index (χ4v) is 0.885. The van der Waals surface area contributed by atoms with Gasteiger partial charge in [-0.1, -0.05) is 0 Å². The Morgan fingerprint density at radius 3 is 1.86 bits per heavy atom. The SMILES string of the molecule is CC(C)(O)C1(O)OC(=O)CCC(=O)O1. The molecule has 0 bridgehead atoms. The maximum Gasteiger partial charge on any atom is 0.403 e. The molecule has 6 heteroatoms. The van der Waals surface area contributed by atoms with E-state index >= 15 is 0 Å². The lowest BCUT2D eigenvalue weighted by Gasteiger charge is -2.34. The van der Waals surface area contributed by atoms with E-state index in [0.29, 0.717) is 0 Å². The summed E-state index contributed by atoms with van der Waals surface area (Å²) in [5, 5.41) is 19.1. The van der Waals surface area contributed by atoms with Gasteiger partial charge in [-0.15, -0.1) is 0 Å². The van der Waals surface area contributed by atoms with Crippen molar-refractivity contribution in [2.45, 2.75) is 38.3 Å². The van der Waals surface area contributed by atoms with Crippen LogP contribution in [0.15, 0.2) is 0 Å². The summed E-state index contributed by atoms with van der Waals surface area (Å²) < 4.78 is 8.91. The first-order valence-corrected chi connectivity index (χ1v) is 4.13. The first-order valence-electron chi connectivity index (χ1n) is 4.13. The van der Waals surface area contributed by atoms with Gasteiger partial charge >= 0.3 is 17.9 Å². The number of ether oxygens (including phenoxy) is 2. The molecule has 80 valence electrons. The maximum atomic E-state index is 11.0. The predicted molar refractivity (Wildman–Crippen MR) is 42.7 cm³/mol. The van der Waals surface area contributed by atoms with Crippen LogP contribution in [0.2, 0.25) is 0 Å². The zero-order chi connectivity index (χ0) is 11.0. The van der Waals surface area contributed by atoms with Crippen LogP contribution in [0.25, 0.3) is 0 Å². The van der Waals surface area contributed by atoms with E-state index < -0.39 is 23.5 Å². The van der Waals surface area contributed by atoms with E-state index in [2.05, 4.69) is 9.47 Å². The molecule has 0 saturated carbocycles. The van der Waals surface area contributed by atoms with E-state index in [1.54, 1.807) is 0 Å². The summed E-state index contributed by atoms with van der Waals surface area (Å²) in [4.78, 5) is 21.9.